The van der Waals surface area contributed by atoms with Gasteiger partial charge < -0.3 is 25.8 Å². The molecule has 15 heavy (non-hydrogen) atoms. The maximum atomic E-state index is 9.61. The third-order valence-corrected chi connectivity index (χ3v) is 2.30. The molecular weight excluding hydrogens is 204 g/mol. The Morgan fingerprint density at radius 1 is 1.47 bits per heavy atom. The Labute approximate surface area is 84.9 Å². The van der Waals surface area contributed by atoms with E-state index in [9.17, 15) is 10.2 Å². The lowest BCUT2D eigenvalue weighted by atomic mass is 10.1. The lowest BCUT2D eigenvalue weighted by Crippen LogP contribution is -2.33. The molecule has 0 aromatic carbocycles. The summed E-state index contributed by atoms with van der Waals surface area (Å²) < 4.78 is 6.40. The number of hydrogen-bond donors (Lipinski definition) is 4. The SMILES string of the molecule is Nc1ncn(C2OC(CO)C(O)C2O)n1. The molecule has 1 aromatic heterocycles. The molecule has 1 saturated heterocycles. The zero-order valence-electron chi connectivity index (χ0n) is 7.76. The van der Waals surface area contributed by atoms with Crippen molar-refractivity contribution in [2.24, 2.45) is 0 Å². The topological polar surface area (TPSA) is 127 Å². The zero-order chi connectivity index (χ0) is 11.0. The normalized spacial score (nSPS) is 35.9. The molecule has 1 aliphatic rings. The number of nitrogens with zero attached hydrogens (tertiary/aromatic N) is 3. The van der Waals surface area contributed by atoms with Gasteiger partial charge in [-0.15, -0.1) is 5.10 Å². The lowest BCUT2D eigenvalue weighted by molar-refractivity contribution is -0.0586. The smallest absolute Gasteiger partial charge is 0.239 e. The number of aromatic nitrogens is 3. The predicted octanol–water partition coefficient (Wildman–Crippen LogP) is -2.53. The van der Waals surface area contributed by atoms with Crippen LogP contribution in [-0.2, 0) is 4.74 Å². The summed E-state index contributed by atoms with van der Waals surface area (Å²) in [5.74, 6) is 0.0488. The summed E-state index contributed by atoms with van der Waals surface area (Å²) in [5, 5.41) is 31.7. The average Bonchev–Trinajstić information content (AvgIpc) is 2.74. The van der Waals surface area contributed by atoms with Crippen molar-refractivity contribution in [2.75, 3.05) is 12.3 Å². The molecule has 2 heterocycles. The van der Waals surface area contributed by atoms with Gasteiger partial charge in [-0.2, -0.15) is 0 Å². The third-order valence-electron chi connectivity index (χ3n) is 2.30. The Morgan fingerprint density at radius 3 is 2.67 bits per heavy atom. The summed E-state index contributed by atoms with van der Waals surface area (Å²) >= 11 is 0. The highest BCUT2D eigenvalue weighted by atomic mass is 16.6. The Bertz CT molecular complexity index is 343. The van der Waals surface area contributed by atoms with E-state index < -0.39 is 24.5 Å². The van der Waals surface area contributed by atoms with E-state index in [1.54, 1.807) is 0 Å². The van der Waals surface area contributed by atoms with Crippen molar-refractivity contribution in [1.29, 1.82) is 0 Å². The second kappa shape index (κ2) is 3.74. The number of ether oxygens (including phenoxy) is 1. The van der Waals surface area contributed by atoms with Gasteiger partial charge in [0.1, 0.15) is 24.6 Å². The molecule has 84 valence electrons. The van der Waals surface area contributed by atoms with Crippen LogP contribution < -0.4 is 5.73 Å². The van der Waals surface area contributed by atoms with Gasteiger partial charge in [-0.3, -0.25) is 0 Å². The molecule has 5 N–H and O–H groups in total. The summed E-state index contributed by atoms with van der Waals surface area (Å²) in [4.78, 5) is 3.67. The molecule has 0 bridgehead atoms. The number of aliphatic hydroxyl groups excluding tert-OH is 3. The first-order chi connectivity index (χ1) is 7.13. The van der Waals surface area contributed by atoms with E-state index in [-0.39, 0.29) is 12.6 Å². The highest BCUT2D eigenvalue weighted by molar-refractivity contribution is 5.09. The number of nitrogen functional groups attached to an aromatic ring is 1. The summed E-state index contributed by atoms with van der Waals surface area (Å²) in [6, 6.07) is 0. The van der Waals surface area contributed by atoms with Crippen LogP contribution in [0.1, 0.15) is 6.23 Å². The maximum Gasteiger partial charge on any atom is 0.239 e. The fraction of sp³-hybridized carbons (Fsp3) is 0.714. The molecule has 1 aromatic rings. The van der Waals surface area contributed by atoms with Crippen LogP contribution in [0.3, 0.4) is 0 Å². The van der Waals surface area contributed by atoms with Crippen LogP contribution in [0.4, 0.5) is 5.95 Å². The molecule has 0 amide bonds. The van der Waals surface area contributed by atoms with E-state index in [2.05, 4.69) is 10.1 Å². The van der Waals surface area contributed by atoms with Crippen LogP contribution in [0.15, 0.2) is 6.33 Å². The van der Waals surface area contributed by atoms with Crippen LogP contribution in [0.5, 0.6) is 0 Å². The van der Waals surface area contributed by atoms with Gasteiger partial charge in [-0.1, -0.05) is 0 Å². The van der Waals surface area contributed by atoms with Gasteiger partial charge in [0.2, 0.25) is 5.95 Å². The third kappa shape index (κ3) is 1.67. The van der Waals surface area contributed by atoms with Crippen molar-refractivity contribution < 1.29 is 20.1 Å². The maximum absolute atomic E-state index is 9.61. The first kappa shape index (κ1) is 10.3. The first-order valence-electron chi connectivity index (χ1n) is 4.42. The molecule has 8 nitrogen and oxygen atoms in total. The lowest BCUT2D eigenvalue weighted by Gasteiger charge is -2.13. The van der Waals surface area contributed by atoms with Crippen LogP contribution in [-0.4, -0.2) is 55.0 Å². The molecule has 0 aliphatic carbocycles. The van der Waals surface area contributed by atoms with Gasteiger partial charge in [0.05, 0.1) is 6.61 Å². The van der Waals surface area contributed by atoms with Gasteiger partial charge in [-0.05, 0) is 0 Å². The van der Waals surface area contributed by atoms with Crippen molar-refractivity contribution in [1.82, 2.24) is 14.8 Å². The number of aliphatic hydroxyl groups is 3. The van der Waals surface area contributed by atoms with Crippen molar-refractivity contribution in [3.05, 3.63) is 6.33 Å². The molecule has 0 radical (unpaired) electrons. The Kier molecular flexibility index (Phi) is 2.57. The zero-order valence-corrected chi connectivity index (χ0v) is 7.76. The number of hydrogen-bond acceptors (Lipinski definition) is 7. The van der Waals surface area contributed by atoms with E-state index in [0.717, 1.165) is 0 Å². The number of nitrogens with two attached hydrogens (primary N) is 1. The Balaban J connectivity index is 2.18. The molecular formula is C7H12N4O4. The summed E-state index contributed by atoms with van der Waals surface area (Å²) in [5.41, 5.74) is 5.30. The molecule has 0 saturated carbocycles. The standard InChI is InChI=1S/C7H12N4O4/c8-7-9-2-11(10-7)6-5(14)4(13)3(1-12)15-6/h2-6,12-14H,1H2,(H2,8,10). The molecule has 1 aliphatic heterocycles. The van der Waals surface area contributed by atoms with Crippen LogP contribution in [0, 0.1) is 0 Å². The fourth-order valence-corrected chi connectivity index (χ4v) is 1.51. The van der Waals surface area contributed by atoms with E-state index in [4.69, 9.17) is 15.6 Å². The summed E-state index contributed by atoms with van der Waals surface area (Å²) in [6.07, 6.45) is -2.72. The highest BCUT2D eigenvalue weighted by Crippen LogP contribution is 2.28. The molecule has 2 rings (SSSR count). The van der Waals surface area contributed by atoms with Crippen LogP contribution in [0.25, 0.3) is 0 Å². The van der Waals surface area contributed by atoms with E-state index in [0.29, 0.717) is 0 Å². The highest BCUT2D eigenvalue weighted by Gasteiger charge is 2.43. The van der Waals surface area contributed by atoms with Gasteiger partial charge in [-0.25, -0.2) is 9.67 Å². The van der Waals surface area contributed by atoms with E-state index >= 15 is 0 Å². The number of rotatable bonds is 2. The molecule has 4 atom stereocenters. The quantitative estimate of drug-likeness (QED) is 0.429. The van der Waals surface area contributed by atoms with Crippen molar-refractivity contribution in [3.63, 3.8) is 0 Å². The van der Waals surface area contributed by atoms with Gasteiger partial charge >= 0.3 is 0 Å². The second-order valence-electron chi connectivity index (χ2n) is 3.31. The average molecular weight is 216 g/mol. The molecule has 1 fully saturated rings. The Hall–Kier alpha value is -1.22. The summed E-state index contributed by atoms with van der Waals surface area (Å²) in [6.45, 7) is -0.376. The first-order valence-corrected chi connectivity index (χ1v) is 4.42. The van der Waals surface area contributed by atoms with Gasteiger partial charge in [0.15, 0.2) is 6.23 Å². The second-order valence-corrected chi connectivity index (χ2v) is 3.31. The monoisotopic (exact) mass is 216 g/mol. The fourth-order valence-electron chi connectivity index (χ4n) is 1.51. The predicted molar refractivity (Wildman–Crippen MR) is 47.4 cm³/mol. The van der Waals surface area contributed by atoms with Crippen molar-refractivity contribution in [2.45, 2.75) is 24.5 Å². The van der Waals surface area contributed by atoms with E-state index in [1.807, 2.05) is 0 Å². The number of anilines is 1. The van der Waals surface area contributed by atoms with Crippen LogP contribution in [0.2, 0.25) is 0 Å². The minimum absolute atomic E-state index is 0.0488. The minimum Gasteiger partial charge on any atom is -0.394 e. The molecule has 8 heteroatoms. The minimum atomic E-state index is -1.16. The van der Waals surface area contributed by atoms with Crippen molar-refractivity contribution >= 4 is 5.95 Å². The molecule has 0 spiro atoms. The Morgan fingerprint density at radius 2 is 2.20 bits per heavy atom. The molecule has 4 unspecified atom stereocenters. The van der Waals surface area contributed by atoms with Crippen molar-refractivity contribution in [3.8, 4) is 0 Å². The van der Waals surface area contributed by atoms with Crippen LogP contribution >= 0.6 is 0 Å². The van der Waals surface area contributed by atoms with Gasteiger partial charge in [0, 0.05) is 0 Å². The summed E-state index contributed by atoms with van der Waals surface area (Å²) in [7, 11) is 0. The largest absolute Gasteiger partial charge is 0.394 e. The van der Waals surface area contributed by atoms with Gasteiger partial charge in [0.25, 0.3) is 0 Å². The van der Waals surface area contributed by atoms with E-state index in [1.165, 1.54) is 11.0 Å².